The second-order valence-electron chi connectivity index (χ2n) is 7.12. The summed E-state index contributed by atoms with van der Waals surface area (Å²) < 4.78 is 38.0. The first kappa shape index (κ1) is 22.5. The highest BCUT2D eigenvalue weighted by atomic mass is 19.1. The van der Waals surface area contributed by atoms with E-state index in [-0.39, 0.29) is 17.7 Å². The molecule has 1 atom stereocenters. The average Bonchev–Trinajstić information content (AvgIpc) is 2.66. The van der Waals surface area contributed by atoms with Gasteiger partial charge in [0.25, 0.3) is 6.47 Å². The van der Waals surface area contributed by atoms with Gasteiger partial charge in [-0.15, -0.1) is 0 Å². The molecule has 1 aliphatic heterocycles. The van der Waals surface area contributed by atoms with Crippen molar-refractivity contribution in [3.63, 3.8) is 0 Å². The van der Waals surface area contributed by atoms with Gasteiger partial charge in [0.15, 0.2) is 0 Å². The van der Waals surface area contributed by atoms with Crippen LogP contribution >= 0.6 is 0 Å². The molecule has 0 saturated heterocycles. The van der Waals surface area contributed by atoms with E-state index in [1.165, 1.54) is 19.2 Å². The van der Waals surface area contributed by atoms with Gasteiger partial charge in [0, 0.05) is 43.4 Å². The number of hydrogen-bond acceptors (Lipinski definition) is 6. The van der Waals surface area contributed by atoms with Gasteiger partial charge in [-0.3, -0.25) is 4.79 Å². The number of hydrogen-bond donors (Lipinski definition) is 0. The van der Waals surface area contributed by atoms with E-state index >= 15 is 0 Å². The fraction of sp³-hybridized carbons (Fsp3) is 0.429. The Morgan fingerprint density at radius 3 is 2.38 bits per heavy atom. The van der Waals surface area contributed by atoms with Crippen LogP contribution in [0.4, 0.5) is 8.78 Å². The van der Waals surface area contributed by atoms with Gasteiger partial charge in [-0.2, -0.15) is 0 Å². The van der Waals surface area contributed by atoms with E-state index in [0.29, 0.717) is 30.7 Å². The quantitative estimate of drug-likeness (QED) is 0.487. The van der Waals surface area contributed by atoms with Crippen molar-refractivity contribution in [2.75, 3.05) is 41.4 Å². The number of carbonyl (C=O) groups is 2. The van der Waals surface area contributed by atoms with Crippen LogP contribution in [0, 0.1) is 11.6 Å². The highest BCUT2D eigenvalue weighted by Crippen LogP contribution is 2.43. The van der Waals surface area contributed by atoms with Crippen molar-refractivity contribution in [1.29, 1.82) is 0 Å². The van der Waals surface area contributed by atoms with Gasteiger partial charge in [0.05, 0.1) is 12.7 Å². The highest BCUT2D eigenvalue weighted by molar-refractivity contribution is 5.92. The summed E-state index contributed by atoms with van der Waals surface area (Å²) in [6, 6.07) is 3.13. The van der Waals surface area contributed by atoms with Gasteiger partial charge in [0.1, 0.15) is 18.2 Å². The molecule has 1 heterocycles. The number of benzene rings is 1. The third-order valence-electron chi connectivity index (χ3n) is 5.05. The maximum absolute atomic E-state index is 14.0. The maximum atomic E-state index is 14.0. The predicted octanol–water partition coefficient (Wildman–Crippen LogP) is 2.82. The van der Waals surface area contributed by atoms with Gasteiger partial charge in [-0.1, -0.05) is 0 Å². The predicted molar refractivity (Wildman–Crippen MR) is 104 cm³/mol. The summed E-state index contributed by atoms with van der Waals surface area (Å²) >= 11 is 0. The normalized spacial score (nSPS) is 17.1. The molecule has 29 heavy (non-hydrogen) atoms. The molecule has 1 aliphatic rings. The number of halogens is 2. The molecule has 0 radical (unpaired) electrons. The Bertz CT molecular complexity index is 829. The van der Waals surface area contributed by atoms with Crippen molar-refractivity contribution in [3.8, 4) is 0 Å². The van der Waals surface area contributed by atoms with Crippen LogP contribution in [-0.2, 0) is 19.1 Å². The van der Waals surface area contributed by atoms with Crippen molar-refractivity contribution < 1.29 is 27.8 Å². The molecule has 2 rings (SSSR count). The van der Waals surface area contributed by atoms with Crippen molar-refractivity contribution in [2.24, 2.45) is 0 Å². The van der Waals surface area contributed by atoms with Crippen LogP contribution in [0.25, 0.3) is 0 Å². The topological polar surface area (TPSA) is 59.1 Å². The van der Waals surface area contributed by atoms with E-state index in [4.69, 9.17) is 9.47 Å². The lowest BCUT2D eigenvalue weighted by Crippen LogP contribution is -2.34. The summed E-state index contributed by atoms with van der Waals surface area (Å²) in [5.74, 6) is -2.92. The SMILES string of the molecule is COC(=O)C1=C(CCN(C)C)N(C)C(C)=C(COC=O)C1c1cc(F)cc(F)c1. The fourth-order valence-electron chi connectivity index (χ4n) is 3.55. The summed E-state index contributed by atoms with van der Waals surface area (Å²) in [5, 5.41) is 0. The third kappa shape index (κ3) is 5.00. The molecule has 0 N–H and O–H groups in total. The number of methoxy groups -OCH3 is 1. The number of allylic oxidation sites excluding steroid dienone is 1. The molecular formula is C21H26F2N2O4. The van der Waals surface area contributed by atoms with Crippen LogP contribution in [0.1, 0.15) is 24.8 Å². The zero-order valence-electron chi connectivity index (χ0n) is 17.3. The minimum atomic E-state index is -0.805. The largest absolute Gasteiger partial charge is 0.466 e. The molecule has 1 unspecified atom stereocenters. The second-order valence-corrected chi connectivity index (χ2v) is 7.12. The minimum absolute atomic E-state index is 0.121. The number of ether oxygens (including phenoxy) is 2. The summed E-state index contributed by atoms with van der Waals surface area (Å²) in [4.78, 5) is 27.4. The Morgan fingerprint density at radius 2 is 1.86 bits per heavy atom. The Hall–Kier alpha value is -2.74. The summed E-state index contributed by atoms with van der Waals surface area (Å²) in [6.45, 7) is 2.64. The molecular weight excluding hydrogens is 382 g/mol. The van der Waals surface area contributed by atoms with E-state index in [2.05, 4.69) is 0 Å². The molecule has 0 saturated carbocycles. The zero-order valence-corrected chi connectivity index (χ0v) is 17.3. The molecule has 6 nitrogen and oxygen atoms in total. The summed E-state index contributed by atoms with van der Waals surface area (Å²) in [7, 11) is 6.88. The molecule has 0 aromatic heterocycles. The average molecular weight is 408 g/mol. The van der Waals surface area contributed by atoms with E-state index in [0.717, 1.165) is 11.8 Å². The van der Waals surface area contributed by atoms with Crippen LogP contribution < -0.4 is 0 Å². The van der Waals surface area contributed by atoms with Gasteiger partial charge in [-0.05, 0) is 44.3 Å². The molecule has 1 aromatic carbocycles. The van der Waals surface area contributed by atoms with Crippen LogP contribution in [0.3, 0.4) is 0 Å². The van der Waals surface area contributed by atoms with Crippen LogP contribution in [0.5, 0.6) is 0 Å². The molecule has 158 valence electrons. The molecule has 0 aliphatic carbocycles. The summed E-state index contributed by atoms with van der Waals surface area (Å²) in [6.07, 6.45) is 0.515. The number of rotatable bonds is 8. The van der Waals surface area contributed by atoms with Crippen molar-refractivity contribution >= 4 is 12.4 Å². The first-order valence-corrected chi connectivity index (χ1v) is 9.11. The first-order valence-electron chi connectivity index (χ1n) is 9.11. The van der Waals surface area contributed by atoms with Crippen molar-refractivity contribution in [1.82, 2.24) is 9.80 Å². The smallest absolute Gasteiger partial charge is 0.336 e. The van der Waals surface area contributed by atoms with E-state index in [9.17, 15) is 18.4 Å². The van der Waals surface area contributed by atoms with Gasteiger partial charge >= 0.3 is 5.97 Å². The molecule has 1 aromatic rings. The Kier molecular flexibility index (Phi) is 7.50. The molecule has 0 bridgehead atoms. The van der Waals surface area contributed by atoms with E-state index < -0.39 is 23.5 Å². The van der Waals surface area contributed by atoms with E-state index in [1.807, 2.05) is 30.8 Å². The molecule has 0 amide bonds. The number of esters is 1. The Balaban J connectivity index is 2.74. The van der Waals surface area contributed by atoms with E-state index in [1.54, 1.807) is 7.05 Å². The fourth-order valence-corrected chi connectivity index (χ4v) is 3.55. The first-order chi connectivity index (χ1) is 13.7. The monoisotopic (exact) mass is 408 g/mol. The number of carbonyl (C=O) groups excluding carboxylic acids is 2. The standard InChI is InChI=1S/C21H26F2N2O4/c1-13-17(11-29-12-26)19(14-8-15(22)10-16(23)9-14)20(21(27)28-5)18(25(13)4)6-7-24(2)3/h8-10,12,19H,6-7,11H2,1-5H3. The van der Waals surface area contributed by atoms with Gasteiger partial charge in [-0.25, -0.2) is 13.6 Å². The molecule has 0 fully saturated rings. The Morgan fingerprint density at radius 1 is 1.24 bits per heavy atom. The van der Waals surface area contributed by atoms with Gasteiger partial charge < -0.3 is 19.3 Å². The zero-order chi connectivity index (χ0) is 21.7. The van der Waals surface area contributed by atoms with Crippen LogP contribution in [0.15, 0.2) is 40.7 Å². The molecule has 0 spiro atoms. The van der Waals surface area contributed by atoms with Crippen molar-refractivity contribution in [2.45, 2.75) is 19.3 Å². The lowest BCUT2D eigenvalue weighted by atomic mass is 9.79. The van der Waals surface area contributed by atoms with Crippen molar-refractivity contribution in [3.05, 3.63) is 57.9 Å². The summed E-state index contributed by atoms with van der Waals surface area (Å²) in [5.41, 5.74) is 2.51. The van der Waals surface area contributed by atoms with Crippen LogP contribution in [0.2, 0.25) is 0 Å². The lowest BCUT2D eigenvalue weighted by Gasteiger charge is -2.38. The minimum Gasteiger partial charge on any atom is -0.466 e. The lowest BCUT2D eigenvalue weighted by molar-refractivity contribution is -0.136. The third-order valence-corrected chi connectivity index (χ3v) is 5.05. The maximum Gasteiger partial charge on any atom is 0.336 e. The highest BCUT2D eigenvalue weighted by Gasteiger charge is 2.37. The Labute approximate surface area is 169 Å². The van der Waals surface area contributed by atoms with Crippen LogP contribution in [-0.4, -0.2) is 63.6 Å². The molecule has 8 heteroatoms. The number of nitrogens with zero attached hydrogens (tertiary/aromatic N) is 2. The van der Waals surface area contributed by atoms with Gasteiger partial charge in [0.2, 0.25) is 0 Å². The second kappa shape index (κ2) is 9.65.